The van der Waals surface area contributed by atoms with Gasteiger partial charge in [0.25, 0.3) is 0 Å². The van der Waals surface area contributed by atoms with Gasteiger partial charge in [-0.05, 0) is 24.3 Å². The maximum Gasteiger partial charge on any atom is 0.335 e. The second-order valence-electron chi connectivity index (χ2n) is 1.85. The zero-order valence-electron chi connectivity index (χ0n) is 7.11. The summed E-state index contributed by atoms with van der Waals surface area (Å²) in [4.78, 5) is 11.1. The molecule has 3 heteroatoms. The van der Waals surface area contributed by atoms with E-state index in [4.69, 9.17) is 5.11 Å². The Kier molecular flexibility index (Phi) is 5.21. The van der Waals surface area contributed by atoms with Crippen LogP contribution in [0.2, 0.25) is 0 Å². The molecule has 1 aromatic rings. The first kappa shape index (κ1) is 11.0. The summed E-state index contributed by atoms with van der Waals surface area (Å²) in [5, 5.41) is 8.45. The summed E-state index contributed by atoms with van der Waals surface area (Å²) in [6.07, 6.45) is 0. The Morgan fingerprint density at radius 1 is 1.25 bits per heavy atom. The zero-order valence-corrected chi connectivity index (χ0v) is 8.01. The van der Waals surface area contributed by atoms with Crippen LogP contribution in [0.5, 0.6) is 0 Å². The van der Waals surface area contributed by atoms with Crippen molar-refractivity contribution in [1.82, 2.24) is 0 Å². The normalized spacial score (nSPS) is 8.25. The molecular formula is C9H12O2S. The van der Waals surface area contributed by atoms with Crippen LogP contribution in [0.4, 0.5) is 0 Å². The second-order valence-corrected chi connectivity index (χ2v) is 2.37. The van der Waals surface area contributed by atoms with Gasteiger partial charge in [-0.25, -0.2) is 4.79 Å². The lowest BCUT2D eigenvalue weighted by molar-refractivity contribution is 0.0697. The van der Waals surface area contributed by atoms with E-state index < -0.39 is 5.97 Å². The molecule has 0 saturated heterocycles. The van der Waals surface area contributed by atoms with Gasteiger partial charge in [-0.2, -0.15) is 0 Å². The van der Waals surface area contributed by atoms with E-state index in [9.17, 15) is 4.79 Å². The number of carboxylic acids is 1. The smallest absolute Gasteiger partial charge is 0.335 e. The lowest BCUT2D eigenvalue weighted by Gasteiger charge is -1.92. The fraction of sp³-hybridized carbons (Fsp3) is 0.222. The summed E-state index contributed by atoms with van der Waals surface area (Å²) >= 11 is 4.01. The van der Waals surface area contributed by atoms with Crippen LogP contribution in [-0.2, 0) is 0 Å². The zero-order chi connectivity index (χ0) is 9.56. The fourth-order valence-corrected chi connectivity index (χ4v) is 0.753. The summed E-state index contributed by atoms with van der Waals surface area (Å²) in [5.74, 6) is -0.909. The number of hydrogen-bond donors (Lipinski definition) is 2. The molecule has 1 N–H and O–H groups in total. The van der Waals surface area contributed by atoms with E-state index in [2.05, 4.69) is 12.6 Å². The van der Waals surface area contributed by atoms with E-state index in [1.807, 2.05) is 13.8 Å². The molecule has 0 unspecified atom stereocenters. The molecule has 0 heterocycles. The quantitative estimate of drug-likeness (QED) is 0.658. The number of thiol groups is 1. The van der Waals surface area contributed by atoms with Crippen LogP contribution in [0.15, 0.2) is 29.2 Å². The molecule has 0 atom stereocenters. The van der Waals surface area contributed by atoms with Gasteiger partial charge in [0, 0.05) is 4.90 Å². The predicted molar refractivity (Wildman–Crippen MR) is 52.0 cm³/mol. The summed E-state index contributed by atoms with van der Waals surface area (Å²) in [7, 11) is 0. The average Bonchev–Trinajstić information content (AvgIpc) is 2.09. The Bertz CT molecular complexity index is 241. The minimum atomic E-state index is -0.909. The van der Waals surface area contributed by atoms with Crippen molar-refractivity contribution in [3.63, 3.8) is 0 Å². The Balaban J connectivity index is 0.000000561. The molecule has 1 aromatic carbocycles. The van der Waals surface area contributed by atoms with Crippen molar-refractivity contribution in [1.29, 1.82) is 0 Å². The van der Waals surface area contributed by atoms with E-state index in [1.165, 1.54) is 12.1 Å². The summed E-state index contributed by atoms with van der Waals surface area (Å²) in [5.41, 5.74) is 0.290. The molecular weight excluding hydrogens is 172 g/mol. The van der Waals surface area contributed by atoms with Crippen LogP contribution < -0.4 is 0 Å². The Hall–Kier alpha value is -0.960. The second kappa shape index (κ2) is 5.66. The van der Waals surface area contributed by atoms with Crippen molar-refractivity contribution in [3.05, 3.63) is 29.8 Å². The molecule has 0 saturated carbocycles. The Labute approximate surface area is 77.6 Å². The fourth-order valence-electron chi connectivity index (χ4n) is 0.604. The van der Waals surface area contributed by atoms with Gasteiger partial charge in [-0.1, -0.05) is 13.8 Å². The molecule has 0 bridgehead atoms. The molecule has 12 heavy (non-hydrogen) atoms. The van der Waals surface area contributed by atoms with Crippen LogP contribution in [-0.4, -0.2) is 11.1 Å². The molecule has 0 aromatic heterocycles. The number of benzene rings is 1. The molecule has 1 rings (SSSR count). The molecule has 0 aliphatic heterocycles. The minimum Gasteiger partial charge on any atom is -0.478 e. The largest absolute Gasteiger partial charge is 0.478 e. The van der Waals surface area contributed by atoms with Crippen LogP contribution in [0.3, 0.4) is 0 Å². The average molecular weight is 184 g/mol. The van der Waals surface area contributed by atoms with E-state index >= 15 is 0 Å². The number of carbonyl (C=O) groups is 1. The molecule has 0 aliphatic carbocycles. The third kappa shape index (κ3) is 3.44. The first-order chi connectivity index (χ1) is 5.70. The van der Waals surface area contributed by atoms with Gasteiger partial charge < -0.3 is 5.11 Å². The highest BCUT2D eigenvalue weighted by atomic mass is 32.1. The third-order valence-electron chi connectivity index (χ3n) is 1.11. The lowest BCUT2D eigenvalue weighted by Crippen LogP contribution is -1.94. The molecule has 2 nitrogen and oxygen atoms in total. The monoisotopic (exact) mass is 184 g/mol. The lowest BCUT2D eigenvalue weighted by atomic mass is 10.2. The van der Waals surface area contributed by atoms with Gasteiger partial charge in [-0.3, -0.25) is 0 Å². The van der Waals surface area contributed by atoms with Crippen molar-refractivity contribution in [3.8, 4) is 0 Å². The van der Waals surface area contributed by atoms with Gasteiger partial charge in [0.1, 0.15) is 0 Å². The van der Waals surface area contributed by atoms with Crippen LogP contribution in [0.1, 0.15) is 24.2 Å². The highest BCUT2D eigenvalue weighted by molar-refractivity contribution is 7.80. The van der Waals surface area contributed by atoms with Gasteiger partial charge in [0.05, 0.1) is 5.56 Å². The highest BCUT2D eigenvalue weighted by Crippen LogP contribution is 2.06. The van der Waals surface area contributed by atoms with Crippen molar-refractivity contribution in [2.75, 3.05) is 0 Å². The van der Waals surface area contributed by atoms with E-state index in [0.29, 0.717) is 0 Å². The van der Waals surface area contributed by atoms with Crippen LogP contribution >= 0.6 is 12.6 Å². The summed E-state index contributed by atoms with van der Waals surface area (Å²) < 4.78 is 0. The van der Waals surface area contributed by atoms with Gasteiger partial charge in [0.2, 0.25) is 0 Å². The topological polar surface area (TPSA) is 37.3 Å². The molecule has 0 aliphatic rings. The standard InChI is InChI=1S/C7H6O2S.C2H6/c8-7(9)5-1-3-6(10)4-2-5;1-2/h1-4,10H,(H,8,9);1-2H3. The number of carboxylic acid groups (broad SMARTS) is 1. The van der Waals surface area contributed by atoms with E-state index in [0.717, 1.165) is 4.90 Å². The third-order valence-corrected chi connectivity index (χ3v) is 1.41. The van der Waals surface area contributed by atoms with Gasteiger partial charge >= 0.3 is 5.97 Å². The first-order valence-electron chi connectivity index (χ1n) is 3.72. The number of hydrogen-bond acceptors (Lipinski definition) is 2. The molecule has 0 spiro atoms. The van der Waals surface area contributed by atoms with Crippen molar-refractivity contribution >= 4 is 18.6 Å². The maximum atomic E-state index is 10.3. The van der Waals surface area contributed by atoms with Crippen molar-refractivity contribution in [2.24, 2.45) is 0 Å². The highest BCUT2D eigenvalue weighted by Gasteiger charge is 1.98. The molecule has 0 fully saturated rings. The molecule has 66 valence electrons. The van der Waals surface area contributed by atoms with Gasteiger partial charge in [0.15, 0.2) is 0 Å². The Morgan fingerprint density at radius 2 is 1.67 bits per heavy atom. The molecule has 0 radical (unpaired) electrons. The maximum absolute atomic E-state index is 10.3. The number of rotatable bonds is 1. The summed E-state index contributed by atoms with van der Waals surface area (Å²) in [6, 6.07) is 6.33. The predicted octanol–water partition coefficient (Wildman–Crippen LogP) is 2.70. The Morgan fingerprint density at radius 3 is 2.00 bits per heavy atom. The van der Waals surface area contributed by atoms with Crippen molar-refractivity contribution < 1.29 is 9.90 Å². The van der Waals surface area contributed by atoms with Crippen molar-refractivity contribution in [2.45, 2.75) is 18.7 Å². The van der Waals surface area contributed by atoms with Crippen LogP contribution in [0, 0.1) is 0 Å². The van der Waals surface area contributed by atoms with Crippen LogP contribution in [0.25, 0.3) is 0 Å². The summed E-state index contributed by atoms with van der Waals surface area (Å²) in [6.45, 7) is 4.00. The SMILES string of the molecule is CC.O=C(O)c1ccc(S)cc1. The van der Waals surface area contributed by atoms with Gasteiger partial charge in [-0.15, -0.1) is 12.6 Å². The minimum absolute atomic E-state index is 0.290. The van der Waals surface area contributed by atoms with E-state index in [1.54, 1.807) is 12.1 Å². The number of aromatic carboxylic acids is 1. The van der Waals surface area contributed by atoms with E-state index in [-0.39, 0.29) is 5.56 Å². The first-order valence-corrected chi connectivity index (χ1v) is 4.17. The molecule has 0 amide bonds.